The second-order valence-corrected chi connectivity index (χ2v) is 1.88. The van der Waals surface area contributed by atoms with Crippen LogP contribution in [0.3, 0.4) is 0 Å². The van der Waals surface area contributed by atoms with E-state index in [9.17, 15) is 4.79 Å². The summed E-state index contributed by atoms with van der Waals surface area (Å²) in [4.78, 5) is 13.9. The number of urea groups is 1. The minimum atomic E-state index is -0.551. The van der Waals surface area contributed by atoms with E-state index < -0.39 is 6.03 Å². The zero-order valence-corrected chi connectivity index (χ0v) is 5.78. The van der Waals surface area contributed by atoms with E-state index in [4.69, 9.17) is 5.73 Å². The maximum atomic E-state index is 10.2. The molecule has 1 aromatic rings. The molecule has 3 N–H and O–H groups in total. The van der Waals surface area contributed by atoms with Crippen molar-refractivity contribution in [2.45, 2.75) is 6.42 Å². The lowest BCUT2D eigenvalue weighted by atomic mass is 10.4. The van der Waals surface area contributed by atoms with E-state index in [0.29, 0.717) is 18.9 Å². The van der Waals surface area contributed by atoms with Crippen LogP contribution in [0.1, 0.15) is 5.89 Å². The van der Waals surface area contributed by atoms with E-state index in [-0.39, 0.29) is 0 Å². The van der Waals surface area contributed by atoms with Crippen molar-refractivity contribution >= 4 is 6.03 Å². The predicted octanol–water partition coefficient (Wildman–Crippen LogP) is -0.720. The molecular weight excluding hydrogens is 148 g/mol. The third-order valence-corrected chi connectivity index (χ3v) is 1.05. The molecule has 0 fully saturated rings. The van der Waals surface area contributed by atoms with Gasteiger partial charge in [0.25, 0.3) is 0 Å². The highest BCUT2D eigenvalue weighted by Gasteiger charge is 1.98. The number of amides is 2. The summed E-state index contributed by atoms with van der Waals surface area (Å²) in [6.45, 7) is 0.414. The predicted molar refractivity (Wildman–Crippen MR) is 35.6 cm³/mol. The molecule has 60 valence electrons. The first-order valence-electron chi connectivity index (χ1n) is 3.08. The number of nitrogens with zero attached hydrogens (tertiary/aromatic N) is 2. The Hall–Kier alpha value is -1.59. The van der Waals surface area contributed by atoms with Gasteiger partial charge in [-0.15, -0.1) is 0 Å². The topological polar surface area (TPSA) is 94.0 Å². The van der Waals surface area contributed by atoms with Crippen molar-refractivity contribution in [1.29, 1.82) is 0 Å². The van der Waals surface area contributed by atoms with E-state index in [0.717, 1.165) is 0 Å². The standard InChI is InChI=1S/C5H8N4O2/c6-5(10)7-2-1-4-8-3-9-11-4/h3H,1-2H2,(H3,6,7,10). The van der Waals surface area contributed by atoms with Crippen molar-refractivity contribution in [2.24, 2.45) is 5.73 Å². The lowest BCUT2D eigenvalue weighted by Gasteiger charge is -1.95. The van der Waals surface area contributed by atoms with E-state index in [1.165, 1.54) is 6.33 Å². The second-order valence-electron chi connectivity index (χ2n) is 1.88. The van der Waals surface area contributed by atoms with Crippen molar-refractivity contribution in [1.82, 2.24) is 15.5 Å². The highest BCUT2D eigenvalue weighted by Crippen LogP contribution is 1.89. The Morgan fingerprint density at radius 3 is 3.18 bits per heavy atom. The molecule has 0 aliphatic rings. The number of hydrogen-bond donors (Lipinski definition) is 2. The Morgan fingerprint density at radius 1 is 1.82 bits per heavy atom. The molecule has 0 aromatic carbocycles. The molecular formula is C5H8N4O2. The van der Waals surface area contributed by atoms with Gasteiger partial charge in [0.05, 0.1) is 0 Å². The smallest absolute Gasteiger partial charge is 0.312 e. The number of hydrogen-bond acceptors (Lipinski definition) is 4. The van der Waals surface area contributed by atoms with Gasteiger partial charge in [0.15, 0.2) is 6.33 Å². The molecule has 6 heteroatoms. The zero-order chi connectivity index (χ0) is 8.10. The fraction of sp³-hybridized carbons (Fsp3) is 0.400. The molecule has 1 aromatic heterocycles. The van der Waals surface area contributed by atoms with Gasteiger partial charge >= 0.3 is 6.03 Å². The number of carbonyl (C=O) groups is 1. The van der Waals surface area contributed by atoms with Crippen LogP contribution < -0.4 is 11.1 Å². The summed E-state index contributed by atoms with van der Waals surface area (Å²) in [5.41, 5.74) is 4.82. The van der Waals surface area contributed by atoms with Gasteiger partial charge in [-0.2, -0.15) is 4.98 Å². The van der Waals surface area contributed by atoms with Gasteiger partial charge in [-0.25, -0.2) is 4.79 Å². The Kier molecular flexibility index (Phi) is 2.42. The summed E-state index contributed by atoms with van der Waals surface area (Å²) in [5.74, 6) is 0.485. The minimum absolute atomic E-state index is 0.414. The molecule has 0 atom stereocenters. The summed E-state index contributed by atoms with van der Waals surface area (Å²) in [6, 6.07) is -0.551. The number of aromatic nitrogens is 2. The molecule has 0 spiro atoms. The Balaban J connectivity index is 2.19. The quantitative estimate of drug-likeness (QED) is 0.603. The van der Waals surface area contributed by atoms with Crippen LogP contribution in [0.2, 0.25) is 0 Å². The van der Waals surface area contributed by atoms with Crippen molar-refractivity contribution in [3.05, 3.63) is 12.2 Å². The van der Waals surface area contributed by atoms with Gasteiger partial charge < -0.3 is 15.6 Å². The third kappa shape index (κ3) is 2.65. The monoisotopic (exact) mass is 156 g/mol. The fourth-order valence-corrected chi connectivity index (χ4v) is 0.599. The van der Waals surface area contributed by atoms with Crippen molar-refractivity contribution in [3.63, 3.8) is 0 Å². The summed E-state index contributed by atoms with van der Waals surface area (Å²) in [7, 11) is 0. The van der Waals surface area contributed by atoms with Gasteiger partial charge in [-0.3, -0.25) is 0 Å². The minimum Gasteiger partial charge on any atom is -0.352 e. The first-order valence-corrected chi connectivity index (χ1v) is 3.08. The fourth-order valence-electron chi connectivity index (χ4n) is 0.599. The van der Waals surface area contributed by atoms with Crippen molar-refractivity contribution in [2.75, 3.05) is 6.54 Å². The number of nitrogens with one attached hydrogen (secondary N) is 1. The largest absolute Gasteiger partial charge is 0.352 e. The lowest BCUT2D eigenvalue weighted by molar-refractivity contribution is 0.248. The van der Waals surface area contributed by atoms with Crippen LogP contribution in [0.25, 0.3) is 0 Å². The van der Waals surface area contributed by atoms with Gasteiger partial charge in [-0.05, 0) is 0 Å². The summed E-state index contributed by atoms with van der Waals surface area (Å²) in [6.07, 6.45) is 1.81. The van der Waals surface area contributed by atoms with Crippen LogP contribution in [0, 0.1) is 0 Å². The maximum Gasteiger partial charge on any atom is 0.312 e. The molecule has 0 saturated carbocycles. The van der Waals surface area contributed by atoms with Crippen LogP contribution in [0.4, 0.5) is 4.79 Å². The van der Waals surface area contributed by atoms with Crippen LogP contribution in [0.5, 0.6) is 0 Å². The number of rotatable bonds is 3. The molecule has 0 saturated heterocycles. The second kappa shape index (κ2) is 3.55. The molecule has 6 nitrogen and oxygen atoms in total. The Bertz CT molecular complexity index is 220. The first-order chi connectivity index (χ1) is 5.29. The third-order valence-electron chi connectivity index (χ3n) is 1.05. The average Bonchev–Trinajstić information content (AvgIpc) is 2.39. The SMILES string of the molecule is NC(=O)NCCc1ncno1. The highest BCUT2D eigenvalue weighted by molar-refractivity contribution is 5.71. The summed E-state index contributed by atoms with van der Waals surface area (Å²) < 4.78 is 4.66. The Morgan fingerprint density at radius 2 is 2.64 bits per heavy atom. The summed E-state index contributed by atoms with van der Waals surface area (Å²) in [5, 5.41) is 5.78. The molecule has 1 rings (SSSR count). The van der Waals surface area contributed by atoms with E-state index in [1.54, 1.807) is 0 Å². The average molecular weight is 156 g/mol. The van der Waals surface area contributed by atoms with Crippen LogP contribution >= 0.6 is 0 Å². The molecule has 0 aliphatic heterocycles. The zero-order valence-electron chi connectivity index (χ0n) is 5.78. The lowest BCUT2D eigenvalue weighted by Crippen LogP contribution is -2.30. The molecule has 0 bridgehead atoms. The van der Waals surface area contributed by atoms with E-state index >= 15 is 0 Å². The number of primary amides is 1. The van der Waals surface area contributed by atoms with Gasteiger partial charge in [0, 0.05) is 13.0 Å². The van der Waals surface area contributed by atoms with Gasteiger partial charge in [0.1, 0.15) is 0 Å². The van der Waals surface area contributed by atoms with Gasteiger partial charge in [-0.1, -0.05) is 5.16 Å². The maximum absolute atomic E-state index is 10.2. The van der Waals surface area contributed by atoms with E-state index in [2.05, 4.69) is 20.0 Å². The molecule has 1 heterocycles. The van der Waals surface area contributed by atoms with Crippen molar-refractivity contribution in [3.8, 4) is 0 Å². The van der Waals surface area contributed by atoms with Crippen LogP contribution in [0.15, 0.2) is 10.9 Å². The van der Waals surface area contributed by atoms with Gasteiger partial charge in [0.2, 0.25) is 5.89 Å². The van der Waals surface area contributed by atoms with E-state index in [1.807, 2.05) is 0 Å². The molecule has 0 aliphatic carbocycles. The number of carbonyl (C=O) groups excluding carboxylic acids is 1. The Labute approximate surface area is 62.8 Å². The van der Waals surface area contributed by atoms with Crippen LogP contribution in [-0.4, -0.2) is 22.7 Å². The van der Waals surface area contributed by atoms with Crippen LogP contribution in [-0.2, 0) is 6.42 Å². The molecule has 0 unspecified atom stereocenters. The first kappa shape index (κ1) is 7.52. The number of nitrogens with two attached hydrogens (primary N) is 1. The molecule has 0 radical (unpaired) electrons. The van der Waals surface area contributed by atoms with Crippen molar-refractivity contribution < 1.29 is 9.32 Å². The molecule has 2 amide bonds. The normalized spacial score (nSPS) is 9.45. The summed E-state index contributed by atoms with van der Waals surface area (Å²) >= 11 is 0. The highest BCUT2D eigenvalue weighted by atomic mass is 16.5. The molecule has 11 heavy (non-hydrogen) atoms.